The molecule has 21 heteroatoms. The number of hydrogen-bond acceptors (Lipinski definition) is 11. The van der Waals surface area contributed by atoms with Gasteiger partial charge in [0, 0.05) is 46.8 Å². The van der Waals surface area contributed by atoms with Crippen molar-refractivity contribution in [3.05, 3.63) is 86.7 Å². The lowest BCUT2D eigenvalue weighted by Gasteiger charge is -2.34. The molecule has 3 heterocycles. The van der Waals surface area contributed by atoms with E-state index in [4.69, 9.17) is 18.9 Å². The Morgan fingerprint density at radius 2 is 1.11 bits per heavy atom. The zero-order valence-corrected chi connectivity index (χ0v) is 44.5. The monoisotopic (exact) mass is 1150 g/mol. The Balaban J connectivity index is 0.000000242. The van der Waals surface area contributed by atoms with Gasteiger partial charge < -0.3 is 38.8 Å². The number of anilines is 3. The maximum absolute atomic E-state index is 14.0. The van der Waals surface area contributed by atoms with Crippen molar-refractivity contribution in [3.63, 3.8) is 0 Å². The summed E-state index contributed by atoms with van der Waals surface area (Å²) in [5.41, 5.74) is -1.51. The number of alkyl halides is 6. The predicted octanol–water partition coefficient (Wildman–Crippen LogP) is 12.8. The van der Waals surface area contributed by atoms with Gasteiger partial charge in [0.25, 0.3) is 0 Å². The summed E-state index contributed by atoms with van der Waals surface area (Å²) >= 11 is 1.74. The molecule has 1 saturated heterocycles. The number of aromatic carboxylic acids is 1. The van der Waals surface area contributed by atoms with Crippen molar-refractivity contribution in [3.8, 4) is 23.3 Å². The van der Waals surface area contributed by atoms with Gasteiger partial charge in [0.2, 0.25) is 23.6 Å². The second-order valence-corrected chi connectivity index (χ2v) is 20.8. The van der Waals surface area contributed by atoms with Crippen LogP contribution in [-0.4, -0.2) is 84.3 Å². The number of methoxy groups -OCH3 is 1. The first-order valence-corrected chi connectivity index (χ1v) is 25.7. The SMILES string of the molecule is CC1CCC(C(=O)N(c2ccc(Oc3ncc(N4CCOCC4)cc3C(F)(F)F)cc2C(=O)O)C(C)C)CC1.COC(=O)c1cc(Oc2ncc(I)cc2C(F)(F)F)ccc1N(C(=O)C1CCC(C)CC1)C(C)C. The first-order chi connectivity index (χ1) is 34.9. The molecule has 4 aromatic rings. The van der Waals surface area contributed by atoms with E-state index in [1.165, 1.54) is 54.7 Å². The van der Waals surface area contributed by atoms with Gasteiger partial charge in [0.1, 0.15) is 22.6 Å². The topological polar surface area (TPSA) is 161 Å². The average Bonchev–Trinajstić information content (AvgIpc) is 3.35. The number of carboxylic acid groups (broad SMARTS) is 1. The minimum Gasteiger partial charge on any atom is -0.478 e. The Kier molecular flexibility index (Phi) is 19.3. The van der Waals surface area contributed by atoms with Crippen LogP contribution in [0.15, 0.2) is 60.9 Å². The van der Waals surface area contributed by atoms with E-state index in [-0.39, 0.29) is 64.0 Å². The quantitative estimate of drug-likeness (QED) is 0.0768. The number of nitrogens with zero attached hydrogens (tertiary/aromatic N) is 5. The van der Waals surface area contributed by atoms with Gasteiger partial charge in [0.15, 0.2) is 0 Å². The molecule has 0 radical (unpaired) electrons. The second kappa shape index (κ2) is 24.8. The third-order valence-electron chi connectivity index (χ3n) is 13.4. The molecule has 1 aliphatic heterocycles. The van der Waals surface area contributed by atoms with Gasteiger partial charge >= 0.3 is 24.3 Å². The number of carboxylic acids is 1. The fourth-order valence-corrected chi connectivity index (χ4v) is 9.84. The number of hydrogen-bond donors (Lipinski definition) is 1. The Bertz CT molecular complexity index is 2630. The van der Waals surface area contributed by atoms with Gasteiger partial charge in [-0.1, -0.05) is 13.8 Å². The van der Waals surface area contributed by atoms with Crippen molar-refractivity contribution >= 4 is 63.4 Å². The van der Waals surface area contributed by atoms with Crippen molar-refractivity contribution < 1.29 is 69.6 Å². The Morgan fingerprint density at radius 1 is 0.676 bits per heavy atom. The van der Waals surface area contributed by atoms with Crippen LogP contribution in [0.25, 0.3) is 0 Å². The molecule has 2 saturated carbocycles. The van der Waals surface area contributed by atoms with Crippen molar-refractivity contribution in [2.45, 2.75) is 117 Å². The standard InChI is InChI=1S/C28H34F3N3O5.C25H28F3IN2O4/c1-17(2)34(26(35)19-6-4-18(3)5-7-19)24-9-8-21(15-22(24)27(36)37)39-25-23(28(29,30)31)14-20(16-32-25)33-10-12-38-13-11-33;1-14(2)31(23(32)16-7-5-15(3)6-8-16)21-10-9-18(12-19(21)24(33)34-4)35-22-20(25(26,27)28)11-17(29)13-30-22/h8-9,14-19H,4-7,10-13H2,1-3H3,(H,36,37);9-16H,5-8H2,1-4H3. The molecule has 2 aromatic heterocycles. The summed E-state index contributed by atoms with van der Waals surface area (Å²) in [4.78, 5) is 64.4. The Labute approximate surface area is 440 Å². The van der Waals surface area contributed by atoms with E-state index in [0.717, 1.165) is 69.6 Å². The lowest BCUT2D eigenvalue weighted by molar-refractivity contribution is -0.139. The van der Waals surface area contributed by atoms with E-state index < -0.39 is 47.2 Å². The molecule has 74 heavy (non-hydrogen) atoms. The molecule has 2 aliphatic carbocycles. The van der Waals surface area contributed by atoms with Crippen molar-refractivity contribution in [1.29, 1.82) is 0 Å². The molecule has 3 aliphatic rings. The summed E-state index contributed by atoms with van der Waals surface area (Å²) in [5.74, 6) is -2.98. The molecule has 2 amide bonds. The Hall–Kier alpha value is -5.71. The van der Waals surface area contributed by atoms with E-state index in [9.17, 15) is 50.6 Å². The van der Waals surface area contributed by atoms with Gasteiger partial charge in [-0.3, -0.25) is 9.59 Å². The molecule has 3 fully saturated rings. The van der Waals surface area contributed by atoms with Gasteiger partial charge in [-0.2, -0.15) is 26.3 Å². The number of morpholine rings is 1. The van der Waals surface area contributed by atoms with E-state index in [1.54, 1.807) is 46.2 Å². The van der Waals surface area contributed by atoms with Crippen LogP contribution in [-0.2, 0) is 31.4 Å². The second-order valence-electron chi connectivity index (χ2n) is 19.5. The molecule has 0 unspecified atom stereocenters. The lowest BCUT2D eigenvalue weighted by atomic mass is 9.82. The van der Waals surface area contributed by atoms with Crippen LogP contribution >= 0.6 is 22.6 Å². The first kappa shape index (κ1) is 57.6. The van der Waals surface area contributed by atoms with Crippen LogP contribution in [0, 0.1) is 27.2 Å². The summed E-state index contributed by atoms with van der Waals surface area (Å²) in [6.07, 6.45) is -0.0682. The highest BCUT2D eigenvalue weighted by atomic mass is 127. The number of pyridine rings is 2. The van der Waals surface area contributed by atoms with Crippen molar-refractivity contribution in [2.24, 2.45) is 23.7 Å². The number of carbonyl (C=O) groups is 4. The number of ether oxygens (including phenoxy) is 4. The van der Waals surface area contributed by atoms with Crippen LogP contribution in [0.2, 0.25) is 0 Å². The van der Waals surface area contributed by atoms with Gasteiger partial charge in [-0.05, 0) is 162 Å². The molecular weight excluding hydrogens is 1090 g/mol. The van der Waals surface area contributed by atoms with Crippen LogP contribution in [0.1, 0.15) is 125 Å². The number of carbonyl (C=O) groups excluding carboxylic acids is 3. The molecule has 1 N–H and O–H groups in total. The van der Waals surface area contributed by atoms with Crippen LogP contribution < -0.4 is 24.2 Å². The highest BCUT2D eigenvalue weighted by molar-refractivity contribution is 14.1. The molecular formula is C53H62F6IN5O9. The highest BCUT2D eigenvalue weighted by Crippen LogP contribution is 2.42. The zero-order chi connectivity index (χ0) is 54.2. The van der Waals surface area contributed by atoms with Gasteiger partial charge in [-0.15, -0.1) is 0 Å². The van der Waals surface area contributed by atoms with Gasteiger partial charge in [0.05, 0.1) is 54.7 Å². The highest BCUT2D eigenvalue weighted by Gasteiger charge is 2.39. The molecule has 0 bridgehead atoms. The fraction of sp³-hybridized carbons (Fsp3) is 0.509. The number of benzene rings is 2. The molecule has 2 aromatic carbocycles. The van der Waals surface area contributed by atoms with Crippen molar-refractivity contribution in [1.82, 2.24) is 9.97 Å². The van der Waals surface area contributed by atoms with Crippen molar-refractivity contribution in [2.75, 3.05) is 48.1 Å². The normalized spacial score (nSPS) is 19.3. The first-order valence-electron chi connectivity index (χ1n) is 24.6. The molecule has 7 rings (SSSR count). The largest absolute Gasteiger partial charge is 0.478 e. The maximum atomic E-state index is 14.0. The summed E-state index contributed by atoms with van der Waals surface area (Å²) in [6, 6.07) is 9.46. The van der Waals surface area contributed by atoms with Crippen LogP contribution in [0.4, 0.5) is 43.4 Å². The summed E-state index contributed by atoms with van der Waals surface area (Å²) < 4.78 is 104. The van der Waals surface area contributed by atoms with E-state index in [2.05, 4.69) is 23.8 Å². The summed E-state index contributed by atoms with van der Waals surface area (Å²) in [7, 11) is 1.20. The average molecular weight is 1150 g/mol. The van der Waals surface area contributed by atoms with Gasteiger partial charge in [-0.25, -0.2) is 19.6 Å². The zero-order valence-electron chi connectivity index (χ0n) is 42.3. The summed E-state index contributed by atoms with van der Waals surface area (Å²) in [5, 5.41) is 9.97. The predicted molar refractivity (Wildman–Crippen MR) is 273 cm³/mol. The molecule has 0 spiro atoms. The maximum Gasteiger partial charge on any atom is 0.421 e. The third kappa shape index (κ3) is 14.4. The number of amides is 2. The van der Waals surface area contributed by atoms with Crippen LogP contribution in [0.3, 0.4) is 0 Å². The minimum absolute atomic E-state index is 0.0234. The minimum atomic E-state index is -4.75. The fourth-order valence-electron chi connectivity index (χ4n) is 9.39. The van der Waals surface area contributed by atoms with E-state index in [1.807, 2.05) is 13.8 Å². The van der Waals surface area contributed by atoms with Crippen LogP contribution in [0.5, 0.6) is 23.3 Å². The lowest BCUT2D eigenvalue weighted by Crippen LogP contribution is -2.43. The smallest absolute Gasteiger partial charge is 0.421 e. The number of halogens is 7. The van der Waals surface area contributed by atoms with E-state index >= 15 is 0 Å². The molecule has 402 valence electrons. The molecule has 14 nitrogen and oxygen atoms in total. The number of aromatic nitrogens is 2. The summed E-state index contributed by atoms with van der Waals surface area (Å²) in [6.45, 7) is 13.3. The van der Waals surface area contributed by atoms with E-state index in [0.29, 0.717) is 53.1 Å². The third-order valence-corrected chi connectivity index (χ3v) is 14.0. The number of esters is 1. The molecule has 0 atom stereocenters. The Morgan fingerprint density at radius 3 is 1.54 bits per heavy atom. The number of rotatable bonds is 13.